The molecule has 0 radical (unpaired) electrons. The Morgan fingerprint density at radius 1 is 1.79 bits per heavy atom. The zero-order valence-electron chi connectivity index (χ0n) is 8.48. The van der Waals surface area contributed by atoms with Gasteiger partial charge >= 0.3 is 0 Å². The van der Waals surface area contributed by atoms with E-state index in [2.05, 4.69) is 10.3 Å². The van der Waals surface area contributed by atoms with E-state index in [0.717, 1.165) is 25.2 Å². The molecule has 1 saturated heterocycles. The van der Waals surface area contributed by atoms with Gasteiger partial charge in [-0.25, -0.2) is 4.98 Å². The van der Waals surface area contributed by atoms with Crippen molar-refractivity contribution in [2.75, 3.05) is 13.1 Å². The van der Waals surface area contributed by atoms with Gasteiger partial charge in [-0.1, -0.05) is 0 Å². The van der Waals surface area contributed by atoms with Crippen LogP contribution in [0.25, 0.3) is 0 Å². The maximum Gasteiger partial charge on any atom is 0.0945 e. The van der Waals surface area contributed by atoms with Crippen LogP contribution in [0.1, 0.15) is 12.1 Å². The molecule has 1 aromatic heterocycles. The van der Waals surface area contributed by atoms with Crippen LogP contribution in [0.3, 0.4) is 0 Å². The smallest absolute Gasteiger partial charge is 0.0945 e. The van der Waals surface area contributed by atoms with Crippen LogP contribution in [-0.2, 0) is 13.5 Å². The van der Waals surface area contributed by atoms with Crippen molar-refractivity contribution in [2.24, 2.45) is 13.0 Å². The second kappa shape index (κ2) is 4.11. The van der Waals surface area contributed by atoms with Crippen molar-refractivity contribution < 1.29 is 5.11 Å². The van der Waals surface area contributed by atoms with E-state index in [1.165, 1.54) is 0 Å². The van der Waals surface area contributed by atoms with Crippen molar-refractivity contribution in [2.45, 2.75) is 18.9 Å². The van der Waals surface area contributed by atoms with Crippen molar-refractivity contribution >= 4 is 0 Å². The van der Waals surface area contributed by atoms with Gasteiger partial charge in [-0.3, -0.25) is 0 Å². The second-order valence-corrected chi connectivity index (χ2v) is 4.02. The van der Waals surface area contributed by atoms with Crippen LogP contribution in [0.5, 0.6) is 0 Å². The molecular formula is C10H17N3O. The number of aliphatic hydroxyl groups excluding tert-OH is 1. The number of aromatic nitrogens is 2. The lowest BCUT2D eigenvalue weighted by atomic mass is 9.98. The van der Waals surface area contributed by atoms with Crippen LogP contribution in [-0.4, -0.2) is 33.9 Å². The first-order chi connectivity index (χ1) is 6.77. The lowest BCUT2D eigenvalue weighted by Crippen LogP contribution is -2.25. The molecule has 4 nitrogen and oxygen atoms in total. The predicted molar refractivity (Wildman–Crippen MR) is 53.9 cm³/mol. The molecule has 2 atom stereocenters. The third kappa shape index (κ3) is 1.96. The average Bonchev–Trinajstić information content (AvgIpc) is 2.77. The summed E-state index contributed by atoms with van der Waals surface area (Å²) in [5.41, 5.74) is 1.10. The van der Waals surface area contributed by atoms with Gasteiger partial charge in [0.1, 0.15) is 0 Å². The van der Waals surface area contributed by atoms with E-state index < -0.39 is 0 Å². The van der Waals surface area contributed by atoms with Crippen LogP contribution in [0, 0.1) is 5.92 Å². The van der Waals surface area contributed by atoms with Gasteiger partial charge in [0.05, 0.1) is 12.4 Å². The highest BCUT2D eigenvalue weighted by Gasteiger charge is 2.23. The molecule has 1 fully saturated rings. The van der Waals surface area contributed by atoms with Crippen LogP contribution in [0.15, 0.2) is 12.5 Å². The Morgan fingerprint density at radius 2 is 2.64 bits per heavy atom. The van der Waals surface area contributed by atoms with E-state index >= 15 is 0 Å². The van der Waals surface area contributed by atoms with E-state index in [0.29, 0.717) is 12.3 Å². The van der Waals surface area contributed by atoms with Gasteiger partial charge in [0, 0.05) is 31.9 Å². The first kappa shape index (κ1) is 9.68. The molecule has 0 aromatic carbocycles. The van der Waals surface area contributed by atoms with Gasteiger partial charge in [-0.15, -0.1) is 0 Å². The van der Waals surface area contributed by atoms with Gasteiger partial charge in [-0.2, -0.15) is 0 Å². The molecular weight excluding hydrogens is 178 g/mol. The molecule has 1 unspecified atom stereocenters. The van der Waals surface area contributed by atoms with Crippen molar-refractivity contribution in [1.82, 2.24) is 14.9 Å². The molecule has 0 amide bonds. The molecule has 1 aliphatic heterocycles. The Bertz CT molecular complexity index is 291. The standard InChI is InChI=1S/C10H17N3O/c1-13-7-12-6-9(13)4-10(14)8-2-3-11-5-8/h6-8,10-11,14H,2-5H2,1H3/t8-,10?/m0/s1. The zero-order chi connectivity index (χ0) is 9.97. The maximum absolute atomic E-state index is 9.96. The summed E-state index contributed by atoms with van der Waals surface area (Å²) in [6.45, 7) is 1.98. The van der Waals surface area contributed by atoms with E-state index in [1.54, 1.807) is 6.33 Å². The van der Waals surface area contributed by atoms with E-state index in [1.807, 2.05) is 17.8 Å². The zero-order valence-corrected chi connectivity index (χ0v) is 8.48. The Balaban J connectivity index is 1.93. The molecule has 78 valence electrons. The number of imidazole rings is 1. The summed E-state index contributed by atoms with van der Waals surface area (Å²) in [7, 11) is 1.96. The lowest BCUT2D eigenvalue weighted by Gasteiger charge is -2.16. The normalized spacial score (nSPS) is 24.0. The van der Waals surface area contributed by atoms with Gasteiger partial charge < -0.3 is 15.0 Å². The highest BCUT2D eigenvalue weighted by molar-refractivity contribution is 5.00. The fourth-order valence-electron chi connectivity index (χ4n) is 1.97. The molecule has 2 rings (SSSR count). The number of hydrogen-bond acceptors (Lipinski definition) is 3. The first-order valence-electron chi connectivity index (χ1n) is 5.11. The van der Waals surface area contributed by atoms with Crippen LogP contribution >= 0.6 is 0 Å². The Morgan fingerprint density at radius 3 is 3.21 bits per heavy atom. The molecule has 0 spiro atoms. The van der Waals surface area contributed by atoms with Crippen molar-refractivity contribution in [3.05, 3.63) is 18.2 Å². The van der Waals surface area contributed by atoms with Gasteiger partial charge in [-0.05, 0) is 18.9 Å². The van der Waals surface area contributed by atoms with E-state index in [4.69, 9.17) is 0 Å². The predicted octanol–water partition coefficient (Wildman–Crippen LogP) is -0.0670. The van der Waals surface area contributed by atoms with Crippen LogP contribution in [0.4, 0.5) is 0 Å². The third-order valence-corrected chi connectivity index (χ3v) is 2.98. The number of rotatable bonds is 3. The summed E-state index contributed by atoms with van der Waals surface area (Å²) in [5, 5.41) is 13.2. The number of hydrogen-bond donors (Lipinski definition) is 2. The summed E-state index contributed by atoms with van der Waals surface area (Å²) < 4.78 is 1.96. The number of aryl methyl sites for hydroxylation is 1. The Hall–Kier alpha value is -0.870. The largest absolute Gasteiger partial charge is 0.392 e. The summed E-state index contributed by atoms with van der Waals surface area (Å²) in [6.07, 6.45) is 5.16. The van der Waals surface area contributed by atoms with Gasteiger partial charge in [0.2, 0.25) is 0 Å². The molecule has 1 aliphatic rings. The summed E-state index contributed by atoms with van der Waals surface area (Å²) >= 11 is 0. The minimum absolute atomic E-state index is 0.236. The molecule has 14 heavy (non-hydrogen) atoms. The number of aliphatic hydroxyl groups is 1. The summed E-state index contributed by atoms with van der Waals surface area (Å²) in [6, 6.07) is 0. The fourth-order valence-corrected chi connectivity index (χ4v) is 1.97. The lowest BCUT2D eigenvalue weighted by molar-refractivity contribution is 0.115. The SMILES string of the molecule is Cn1cncc1CC(O)[C@H]1CCNC1. The van der Waals surface area contributed by atoms with Crippen LogP contribution < -0.4 is 5.32 Å². The first-order valence-corrected chi connectivity index (χ1v) is 5.11. The Kier molecular flexibility index (Phi) is 2.84. The van der Waals surface area contributed by atoms with Crippen molar-refractivity contribution in [3.8, 4) is 0 Å². The van der Waals surface area contributed by atoms with Gasteiger partial charge in [0.15, 0.2) is 0 Å². The molecule has 0 aliphatic carbocycles. The topological polar surface area (TPSA) is 50.1 Å². The quantitative estimate of drug-likeness (QED) is 0.710. The van der Waals surface area contributed by atoms with Gasteiger partial charge in [0.25, 0.3) is 0 Å². The Labute approximate surface area is 84.0 Å². The molecule has 0 bridgehead atoms. The van der Waals surface area contributed by atoms with Crippen molar-refractivity contribution in [1.29, 1.82) is 0 Å². The van der Waals surface area contributed by atoms with Crippen LogP contribution in [0.2, 0.25) is 0 Å². The minimum Gasteiger partial charge on any atom is -0.392 e. The number of nitrogens with zero attached hydrogens (tertiary/aromatic N) is 2. The number of nitrogens with one attached hydrogen (secondary N) is 1. The minimum atomic E-state index is -0.236. The summed E-state index contributed by atoms with van der Waals surface area (Å²) in [5.74, 6) is 0.407. The average molecular weight is 195 g/mol. The molecule has 0 saturated carbocycles. The molecule has 2 N–H and O–H groups in total. The fraction of sp³-hybridized carbons (Fsp3) is 0.700. The highest BCUT2D eigenvalue weighted by atomic mass is 16.3. The monoisotopic (exact) mass is 195 g/mol. The summed E-state index contributed by atoms with van der Waals surface area (Å²) in [4.78, 5) is 4.04. The molecule has 4 heteroatoms. The van der Waals surface area contributed by atoms with E-state index in [-0.39, 0.29) is 6.10 Å². The maximum atomic E-state index is 9.96. The highest BCUT2D eigenvalue weighted by Crippen LogP contribution is 2.16. The molecule has 1 aromatic rings. The third-order valence-electron chi connectivity index (χ3n) is 2.98. The second-order valence-electron chi connectivity index (χ2n) is 4.02. The molecule has 2 heterocycles. The van der Waals surface area contributed by atoms with Crippen molar-refractivity contribution in [3.63, 3.8) is 0 Å². The van der Waals surface area contributed by atoms with E-state index in [9.17, 15) is 5.11 Å².